The molecule has 1 heteroatoms. The highest BCUT2D eigenvalue weighted by atomic mass is 35.5. The van der Waals surface area contributed by atoms with Gasteiger partial charge in [0.05, 0.1) is 0 Å². The maximum Gasteiger partial charge on any atom is 0.0406 e. The number of hydrogen-bond acceptors (Lipinski definition) is 0. The summed E-state index contributed by atoms with van der Waals surface area (Å²) in [6.07, 6.45) is 0. The van der Waals surface area contributed by atoms with Gasteiger partial charge < -0.3 is 0 Å². The Morgan fingerprint density at radius 1 is 0.440 bits per heavy atom. The van der Waals surface area contributed by atoms with Crippen molar-refractivity contribution in [1.82, 2.24) is 0 Å². The minimum Gasteiger partial charge on any atom is -0.0843 e. The van der Waals surface area contributed by atoms with E-state index in [4.69, 9.17) is 11.6 Å². The first-order chi connectivity index (χ1) is 12.3. The fraction of sp³-hybridized carbons (Fsp3) is 0. The summed E-state index contributed by atoms with van der Waals surface area (Å²) in [6, 6.07) is 32.2. The summed E-state index contributed by atoms with van der Waals surface area (Å²) in [6.45, 7) is 0. The molecule has 0 saturated heterocycles. The monoisotopic (exact) mass is 338 g/mol. The third kappa shape index (κ3) is 2.47. The Labute approximate surface area is 151 Å². The van der Waals surface area contributed by atoms with Gasteiger partial charge in [0.25, 0.3) is 0 Å². The molecule has 0 unspecified atom stereocenters. The van der Waals surface area contributed by atoms with Crippen LogP contribution < -0.4 is 0 Å². The molecule has 0 heterocycles. The molecule has 0 saturated carbocycles. The lowest BCUT2D eigenvalue weighted by atomic mass is 9.96. The second kappa shape index (κ2) is 5.61. The number of halogens is 1. The van der Waals surface area contributed by atoms with Gasteiger partial charge in [0.15, 0.2) is 0 Å². The van der Waals surface area contributed by atoms with Gasteiger partial charge in [0.1, 0.15) is 0 Å². The maximum absolute atomic E-state index is 6.01. The van der Waals surface area contributed by atoms with Gasteiger partial charge in [-0.15, -0.1) is 0 Å². The van der Waals surface area contributed by atoms with Crippen molar-refractivity contribution < 1.29 is 0 Å². The minimum absolute atomic E-state index is 0.766. The predicted octanol–water partition coefficient (Wildman–Crippen LogP) is 7.47. The average molecular weight is 339 g/mol. The van der Waals surface area contributed by atoms with Crippen LogP contribution in [0.4, 0.5) is 0 Å². The Bertz CT molecular complexity index is 1230. The van der Waals surface area contributed by atoms with E-state index in [2.05, 4.69) is 78.9 Å². The second-order valence-corrected chi connectivity index (χ2v) is 6.87. The van der Waals surface area contributed by atoms with Crippen LogP contribution in [0.1, 0.15) is 0 Å². The fourth-order valence-electron chi connectivity index (χ4n) is 3.58. The van der Waals surface area contributed by atoms with Crippen molar-refractivity contribution in [3.05, 3.63) is 96.0 Å². The zero-order chi connectivity index (χ0) is 16.8. The molecule has 0 bridgehead atoms. The Kier molecular flexibility index (Phi) is 3.26. The molecule has 0 aliphatic rings. The van der Waals surface area contributed by atoms with Crippen LogP contribution >= 0.6 is 11.6 Å². The van der Waals surface area contributed by atoms with Crippen LogP contribution in [0.5, 0.6) is 0 Å². The molecule has 0 aromatic heterocycles. The van der Waals surface area contributed by atoms with E-state index in [1.807, 2.05) is 12.1 Å². The van der Waals surface area contributed by atoms with Crippen LogP contribution in [-0.2, 0) is 0 Å². The number of rotatable bonds is 1. The van der Waals surface area contributed by atoms with Gasteiger partial charge in [-0.2, -0.15) is 0 Å². The highest BCUT2D eigenvalue weighted by Gasteiger charge is 2.05. The predicted molar refractivity (Wildman–Crippen MR) is 109 cm³/mol. The summed E-state index contributed by atoms with van der Waals surface area (Å²) in [7, 11) is 0. The molecule has 5 aromatic carbocycles. The van der Waals surface area contributed by atoms with Crippen LogP contribution in [0, 0.1) is 0 Å². The van der Waals surface area contributed by atoms with E-state index >= 15 is 0 Å². The molecular weight excluding hydrogens is 324 g/mol. The Hall–Kier alpha value is -2.83. The summed E-state index contributed by atoms with van der Waals surface area (Å²) < 4.78 is 0. The molecule has 25 heavy (non-hydrogen) atoms. The molecule has 0 fully saturated rings. The lowest BCUT2D eigenvalue weighted by Crippen LogP contribution is -1.82. The SMILES string of the molecule is Clc1ccc(-c2ccc3cc4c(ccc5ccccc54)cc3c2)cc1. The average Bonchev–Trinajstić information content (AvgIpc) is 2.66. The second-order valence-electron chi connectivity index (χ2n) is 6.43. The standard InChI is InChI=1S/C24H15Cl/c25-22-11-9-16(10-12-22)18-6-7-19-15-24-20(14-21(19)13-18)8-5-17-3-1-2-4-23(17)24/h1-15H. The van der Waals surface area contributed by atoms with E-state index in [0.717, 1.165) is 5.02 Å². The van der Waals surface area contributed by atoms with E-state index in [9.17, 15) is 0 Å². The van der Waals surface area contributed by atoms with Crippen molar-refractivity contribution in [1.29, 1.82) is 0 Å². The zero-order valence-corrected chi connectivity index (χ0v) is 14.3. The van der Waals surface area contributed by atoms with Gasteiger partial charge >= 0.3 is 0 Å². The molecule has 5 aromatic rings. The summed E-state index contributed by atoms with van der Waals surface area (Å²) in [5, 5.41) is 8.47. The van der Waals surface area contributed by atoms with E-state index < -0.39 is 0 Å². The highest BCUT2D eigenvalue weighted by Crippen LogP contribution is 2.32. The molecule has 0 N–H and O–H groups in total. The molecule has 0 atom stereocenters. The lowest BCUT2D eigenvalue weighted by molar-refractivity contribution is 1.65. The number of benzene rings is 5. The molecule has 5 rings (SSSR count). The molecule has 118 valence electrons. The van der Waals surface area contributed by atoms with Crippen molar-refractivity contribution in [3.8, 4) is 11.1 Å². The van der Waals surface area contributed by atoms with Gasteiger partial charge in [-0.25, -0.2) is 0 Å². The van der Waals surface area contributed by atoms with E-state index in [1.54, 1.807) is 0 Å². The normalized spacial score (nSPS) is 11.4. The van der Waals surface area contributed by atoms with Crippen molar-refractivity contribution >= 4 is 43.9 Å². The van der Waals surface area contributed by atoms with Crippen molar-refractivity contribution in [2.24, 2.45) is 0 Å². The first kappa shape index (κ1) is 14.5. The zero-order valence-electron chi connectivity index (χ0n) is 13.5. The highest BCUT2D eigenvalue weighted by molar-refractivity contribution is 6.30. The Morgan fingerprint density at radius 2 is 1.16 bits per heavy atom. The number of hydrogen-bond donors (Lipinski definition) is 0. The minimum atomic E-state index is 0.766. The van der Waals surface area contributed by atoms with Crippen LogP contribution in [0.3, 0.4) is 0 Å². The number of fused-ring (bicyclic) bond motifs is 4. The Balaban J connectivity index is 1.75. The Morgan fingerprint density at radius 3 is 2.04 bits per heavy atom. The molecule has 0 spiro atoms. The smallest absolute Gasteiger partial charge is 0.0406 e. The van der Waals surface area contributed by atoms with Crippen LogP contribution in [-0.4, -0.2) is 0 Å². The third-order valence-electron chi connectivity index (χ3n) is 4.88. The van der Waals surface area contributed by atoms with Crippen molar-refractivity contribution in [2.75, 3.05) is 0 Å². The molecular formula is C24H15Cl. The van der Waals surface area contributed by atoms with Crippen LogP contribution in [0.2, 0.25) is 5.02 Å². The lowest BCUT2D eigenvalue weighted by Gasteiger charge is -2.08. The van der Waals surface area contributed by atoms with Crippen LogP contribution in [0.25, 0.3) is 43.4 Å². The largest absolute Gasteiger partial charge is 0.0843 e. The van der Waals surface area contributed by atoms with Crippen molar-refractivity contribution in [2.45, 2.75) is 0 Å². The summed E-state index contributed by atoms with van der Waals surface area (Å²) in [5.74, 6) is 0. The van der Waals surface area contributed by atoms with Gasteiger partial charge in [-0.3, -0.25) is 0 Å². The quantitative estimate of drug-likeness (QED) is 0.220. The van der Waals surface area contributed by atoms with E-state index in [1.165, 1.54) is 43.4 Å². The summed E-state index contributed by atoms with van der Waals surface area (Å²) in [5.41, 5.74) is 2.40. The molecule has 0 amide bonds. The van der Waals surface area contributed by atoms with E-state index in [0.29, 0.717) is 0 Å². The molecule has 0 nitrogen and oxygen atoms in total. The van der Waals surface area contributed by atoms with Gasteiger partial charge in [-0.05, 0) is 73.8 Å². The fourth-order valence-corrected chi connectivity index (χ4v) is 3.70. The first-order valence-corrected chi connectivity index (χ1v) is 8.77. The van der Waals surface area contributed by atoms with Gasteiger partial charge in [0, 0.05) is 5.02 Å². The van der Waals surface area contributed by atoms with Gasteiger partial charge in [0.2, 0.25) is 0 Å². The van der Waals surface area contributed by atoms with Gasteiger partial charge in [-0.1, -0.05) is 72.3 Å². The summed E-state index contributed by atoms with van der Waals surface area (Å²) >= 11 is 6.01. The summed E-state index contributed by atoms with van der Waals surface area (Å²) in [4.78, 5) is 0. The molecule has 0 aliphatic carbocycles. The topological polar surface area (TPSA) is 0 Å². The maximum atomic E-state index is 6.01. The molecule has 0 aliphatic heterocycles. The van der Waals surface area contributed by atoms with Crippen LogP contribution in [0.15, 0.2) is 91.0 Å². The van der Waals surface area contributed by atoms with Crippen molar-refractivity contribution in [3.63, 3.8) is 0 Å². The van der Waals surface area contributed by atoms with E-state index in [-0.39, 0.29) is 0 Å². The third-order valence-corrected chi connectivity index (χ3v) is 5.13. The molecule has 0 radical (unpaired) electrons. The first-order valence-electron chi connectivity index (χ1n) is 8.39.